The summed E-state index contributed by atoms with van der Waals surface area (Å²) >= 11 is 0. The number of likely N-dealkylation sites (N-methyl/N-ethyl adjacent to an activating group) is 2. The molecular formula is C19H43N3. The Bertz CT molecular complexity index is 270. The van der Waals surface area contributed by atoms with Crippen molar-refractivity contribution in [3.05, 3.63) is 0 Å². The highest BCUT2D eigenvalue weighted by Crippen LogP contribution is 2.25. The Kier molecular flexibility index (Phi) is 10.6. The SMILES string of the molecule is CCCCCCCCC(NC)C(NC)(NC(C)(C)C)C(C)C. The Morgan fingerprint density at radius 2 is 1.41 bits per heavy atom. The average Bonchev–Trinajstić information content (AvgIpc) is 2.43. The van der Waals surface area contributed by atoms with Crippen molar-refractivity contribution < 1.29 is 0 Å². The third-order valence-electron chi connectivity index (χ3n) is 4.65. The summed E-state index contributed by atoms with van der Waals surface area (Å²) in [5.74, 6) is 0.509. The van der Waals surface area contributed by atoms with E-state index in [0.717, 1.165) is 0 Å². The third-order valence-corrected chi connectivity index (χ3v) is 4.65. The number of nitrogens with one attached hydrogen (secondary N) is 3. The third kappa shape index (κ3) is 7.43. The zero-order valence-electron chi connectivity index (χ0n) is 16.6. The van der Waals surface area contributed by atoms with Crippen LogP contribution >= 0.6 is 0 Å². The minimum atomic E-state index is -0.0730. The topological polar surface area (TPSA) is 36.1 Å². The molecule has 0 aromatic rings. The number of rotatable bonds is 12. The molecule has 0 aliphatic carbocycles. The van der Waals surface area contributed by atoms with Crippen LogP contribution in [0.3, 0.4) is 0 Å². The van der Waals surface area contributed by atoms with Gasteiger partial charge in [0.2, 0.25) is 0 Å². The van der Waals surface area contributed by atoms with Gasteiger partial charge in [-0.3, -0.25) is 5.32 Å². The lowest BCUT2D eigenvalue weighted by Crippen LogP contribution is -2.73. The maximum atomic E-state index is 3.86. The van der Waals surface area contributed by atoms with E-state index in [0.29, 0.717) is 12.0 Å². The van der Waals surface area contributed by atoms with Gasteiger partial charge in [0.25, 0.3) is 0 Å². The second kappa shape index (κ2) is 10.6. The highest BCUT2D eigenvalue weighted by Gasteiger charge is 2.41. The highest BCUT2D eigenvalue weighted by molar-refractivity contribution is 5.01. The minimum absolute atomic E-state index is 0.0730. The summed E-state index contributed by atoms with van der Waals surface area (Å²) in [5, 5.41) is 11.0. The van der Waals surface area contributed by atoms with Crippen LogP contribution in [-0.2, 0) is 0 Å². The molecule has 0 saturated heterocycles. The summed E-state index contributed by atoms with van der Waals surface area (Å²) < 4.78 is 0. The largest absolute Gasteiger partial charge is 0.314 e. The number of hydrogen-bond acceptors (Lipinski definition) is 3. The Labute approximate surface area is 140 Å². The first kappa shape index (κ1) is 21.9. The Morgan fingerprint density at radius 3 is 1.82 bits per heavy atom. The fourth-order valence-electron chi connectivity index (χ4n) is 3.51. The Morgan fingerprint density at radius 1 is 0.864 bits per heavy atom. The molecule has 3 nitrogen and oxygen atoms in total. The first-order chi connectivity index (χ1) is 10.2. The quantitative estimate of drug-likeness (QED) is 0.372. The van der Waals surface area contributed by atoms with E-state index in [1.165, 1.54) is 44.9 Å². The van der Waals surface area contributed by atoms with Gasteiger partial charge in [-0.05, 0) is 47.2 Å². The van der Waals surface area contributed by atoms with Gasteiger partial charge in [0, 0.05) is 11.6 Å². The average molecular weight is 314 g/mol. The van der Waals surface area contributed by atoms with Gasteiger partial charge in [0.1, 0.15) is 0 Å². The molecule has 0 saturated carbocycles. The lowest BCUT2D eigenvalue weighted by atomic mass is 9.83. The zero-order chi connectivity index (χ0) is 17.2. The number of hydrogen-bond donors (Lipinski definition) is 3. The maximum Gasteiger partial charge on any atom is 0.0869 e. The van der Waals surface area contributed by atoms with E-state index < -0.39 is 0 Å². The van der Waals surface area contributed by atoms with Gasteiger partial charge >= 0.3 is 0 Å². The lowest BCUT2D eigenvalue weighted by Gasteiger charge is -2.49. The van der Waals surface area contributed by atoms with Crippen LogP contribution in [0.4, 0.5) is 0 Å². The Hall–Kier alpha value is -0.120. The van der Waals surface area contributed by atoms with Gasteiger partial charge < -0.3 is 10.6 Å². The summed E-state index contributed by atoms with van der Waals surface area (Å²) in [4.78, 5) is 0. The van der Waals surface area contributed by atoms with E-state index in [1.807, 2.05) is 0 Å². The molecule has 0 rings (SSSR count). The van der Waals surface area contributed by atoms with E-state index in [2.05, 4.69) is 71.6 Å². The first-order valence-electron chi connectivity index (χ1n) is 9.39. The molecule has 2 unspecified atom stereocenters. The lowest BCUT2D eigenvalue weighted by molar-refractivity contribution is 0.0935. The van der Waals surface area contributed by atoms with Gasteiger partial charge in [0.05, 0.1) is 5.66 Å². The van der Waals surface area contributed by atoms with E-state index in [1.54, 1.807) is 0 Å². The molecule has 0 aromatic carbocycles. The second-order valence-corrected chi connectivity index (χ2v) is 8.05. The van der Waals surface area contributed by atoms with E-state index in [-0.39, 0.29) is 11.2 Å². The summed E-state index contributed by atoms with van der Waals surface area (Å²) in [6.45, 7) is 13.6. The summed E-state index contributed by atoms with van der Waals surface area (Å²) in [7, 11) is 4.19. The number of unbranched alkanes of at least 4 members (excludes halogenated alkanes) is 5. The van der Waals surface area contributed by atoms with Crippen LogP contribution in [0, 0.1) is 5.92 Å². The normalized spacial score (nSPS) is 16.8. The molecule has 0 aliphatic heterocycles. The molecule has 2 atom stereocenters. The molecule has 0 fully saturated rings. The molecule has 0 radical (unpaired) electrons. The first-order valence-corrected chi connectivity index (χ1v) is 9.39. The van der Waals surface area contributed by atoms with E-state index >= 15 is 0 Å². The van der Waals surface area contributed by atoms with Gasteiger partial charge in [0.15, 0.2) is 0 Å². The second-order valence-electron chi connectivity index (χ2n) is 8.05. The van der Waals surface area contributed by atoms with Crippen LogP contribution in [0.15, 0.2) is 0 Å². The van der Waals surface area contributed by atoms with Gasteiger partial charge in [-0.2, -0.15) is 0 Å². The van der Waals surface area contributed by atoms with Crippen LogP contribution in [0.2, 0.25) is 0 Å². The van der Waals surface area contributed by atoms with Crippen molar-refractivity contribution in [2.75, 3.05) is 14.1 Å². The molecule has 0 amide bonds. The van der Waals surface area contributed by atoms with Gasteiger partial charge in [-0.25, -0.2) is 0 Å². The van der Waals surface area contributed by atoms with Crippen LogP contribution in [0.1, 0.15) is 86.5 Å². The molecule has 3 N–H and O–H groups in total. The van der Waals surface area contributed by atoms with Crippen molar-refractivity contribution >= 4 is 0 Å². The van der Waals surface area contributed by atoms with Gasteiger partial charge in [-0.1, -0.05) is 59.3 Å². The molecule has 0 spiro atoms. The van der Waals surface area contributed by atoms with E-state index in [4.69, 9.17) is 0 Å². The standard InChI is InChI=1S/C19H43N3/c1-9-10-11-12-13-14-15-17(20-7)19(21-8,16(2)3)22-18(4,5)6/h16-17,20-22H,9-15H2,1-8H3. The van der Waals surface area contributed by atoms with Crippen molar-refractivity contribution in [3.8, 4) is 0 Å². The van der Waals surface area contributed by atoms with Crippen LogP contribution in [0.5, 0.6) is 0 Å². The zero-order valence-corrected chi connectivity index (χ0v) is 16.6. The fourth-order valence-corrected chi connectivity index (χ4v) is 3.51. The molecule has 0 aromatic heterocycles. The molecule has 22 heavy (non-hydrogen) atoms. The highest BCUT2D eigenvalue weighted by atomic mass is 15.3. The van der Waals surface area contributed by atoms with E-state index in [9.17, 15) is 0 Å². The minimum Gasteiger partial charge on any atom is -0.314 e. The molecule has 0 heterocycles. The molecule has 0 aliphatic rings. The summed E-state index contributed by atoms with van der Waals surface area (Å²) in [6, 6.07) is 0.433. The summed E-state index contributed by atoms with van der Waals surface area (Å²) in [6.07, 6.45) is 9.35. The molecule has 134 valence electrons. The van der Waals surface area contributed by atoms with Crippen LogP contribution in [-0.4, -0.2) is 31.3 Å². The van der Waals surface area contributed by atoms with Crippen molar-refractivity contribution in [1.29, 1.82) is 0 Å². The fraction of sp³-hybridized carbons (Fsp3) is 1.00. The van der Waals surface area contributed by atoms with Gasteiger partial charge in [-0.15, -0.1) is 0 Å². The van der Waals surface area contributed by atoms with Crippen LogP contribution in [0.25, 0.3) is 0 Å². The predicted octanol–water partition coefficient (Wildman–Crippen LogP) is 4.28. The summed E-state index contributed by atoms with van der Waals surface area (Å²) in [5.41, 5.74) is 0.0138. The van der Waals surface area contributed by atoms with Crippen molar-refractivity contribution in [3.63, 3.8) is 0 Å². The van der Waals surface area contributed by atoms with Crippen molar-refractivity contribution in [2.24, 2.45) is 5.92 Å². The molecule has 0 bridgehead atoms. The Balaban J connectivity index is 4.71. The van der Waals surface area contributed by atoms with Crippen molar-refractivity contribution in [2.45, 2.75) is 104 Å². The van der Waals surface area contributed by atoms with Crippen LogP contribution < -0.4 is 16.0 Å². The van der Waals surface area contributed by atoms with Crippen molar-refractivity contribution in [1.82, 2.24) is 16.0 Å². The molecule has 3 heteroatoms. The monoisotopic (exact) mass is 313 g/mol. The smallest absolute Gasteiger partial charge is 0.0869 e. The molecular weight excluding hydrogens is 270 g/mol. The predicted molar refractivity (Wildman–Crippen MR) is 100 cm³/mol. The maximum absolute atomic E-state index is 3.86.